The van der Waals surface area contributed by atoms with E-state index in [0.717, 1.165) is 12.5 Å². The van der Waals surface area contributed by atoms with E-state index < -0.39 is 0 Å². The molecule has 1 aromatic carbocycles. The molecule has 0 aromatic heterocycles. The van der Waals surface area contributed by atoms with Crippen LogP contribution >= 0.6 is 0 Å². The van der Waals surface area contributed by atoms with Crippen molar-refractivity contribution in [2.75, 3.05) is 45.8 Å². The molecule has 3 heteroatoms. The first-order chi connectivity index (χ1) is 9.79. The number of hydrogen-bond donors (Lipinski definition) is 1. The fourth-order valence-corrected chi connectivity index (χ4v) is 3.43. The van der Waals surface area contributed by atoms with Crippen molar-refractivity contribution in [3.63, 3.8) is 0 Å². The first-order valence-corrected chi connectivity index (χ1v) is 8.00. The second-order valence-electron chi connectivity index (χ2n) is 6.42. The van der Waals surface area contributed by atoms with E-state index in [1.165, 1.54) is 63.4 Å². The Hall–Kier alpha value is -0.900. The molecule has 3 nitrogen and oxygen atoms in total. The number of nitrogens with zero attached hydrogens (tertiary/aromatic N) is 2. The van der Waals surface area contributed by atoms with Gasteiger partial charge in [0.2, 0.25) is 0 Å². The maximum atomic E-state index is 3.47. The molecule has 20 heavy (non-hydrogen) atoms. The number of benzene rings is 1. The predicted molar refractivity (Wildman–Crippen MR) is 83.9 cm³/mol. The highest BCUT2D eigenvalue weighted by atomic mass is 15.3. The average molecular weight is 273 g/mol. The van der Waals surface area contributed by atoms with Crippen LogP contribution in [0.15, 0.2) is 24.3 Å². The lowest BCUT2D eigenvalue weighted by molar-refractivity contribution is 0.115. The van der Waals surface area contributed by atoms with E-state index in [1.807, 2.05) is 0 Å². The second kappa shape index (κ2) is 6.70. The molecule has 110 valence electrons. The molecule has 2 fully saturated rings. The molecule has 0 radical (unpaired) electrons. The third kappa shape index (κ3) is 3.81. The van der Waals surface area contributed by atoms with Gasteiger partial charge in [0.1, 0.15) is 0 Å². The summed E-state index contributed by atoms with van der Waals surface area (Å²) in [7, 11) is 0. The lowest BCUT2D eigenvalue weighted by atomic mass is 10.1. The van der Waals surface area contributed by atoms with E-state index in [0.29, 0.717) is 0 Å². The van der Waals surface area contributed by atoms with Crippen LogP contribution in [0.25, 0.3) is 0 Å². The van der Waals surface area contributed by atoms with Crippen molar-refractivity contribution in [2.45, 2.75) is 19.9 Å². The lowest BCUT2D eigenvalue weighted by Crippen LogP contribution is -2.47. The van der Waals surface area contributed by atoms with Gasteiger partial charge >= 0.3 is 0 Å². The molecule has 0 unspecified atom stereocenters. The van der Waals surface area contributed by atoms with Gasteiger partial charge in [0.15, 0.2) is 0 Å². The molecular weight excluding hydrogens is 246 g/mol. The minimum Gasteiger partial charge on any atom is -0.316 e. The standard InChI is InChI=1S/C17H27N3/c1-15-3-2-4-16(11-15)13-19-7-9-20(10-8-19)14-17-5-6-18-12-17/h2-4,11,17-18H,5-10,12-14H2,1H3/t17-/m1/s1. The third-order valence-electron chi connectivity index (χ3n) is 4.63. The van der Waals surface area contributed by atoms with Gasteiger partial charge in [-0.2, -0.15) is 0 Å². The summed E-state index contributed by atoms with van der Waals surface area (Å²) in [6.07, 6.45) is 1.36. The van der Waals surface area contributed by atoms with Crippen LogP contribution < -0.4 is 5.32 Å². The van der Waals surface area contributed by atoms with Crippen molar-refractivity contribution in [1.82, 2.24) is 15.1 Å². The van der Waals surface area contributed by atoms with Crippen LogP contribution in [0.2, 0.25) is 0 Å². The molecule has 2 heterocycles. The Morgan fingerprint density at radius 1 is 1.15 bits per heavy atom. The zero-order valence-corrected chi connectivity index (χ0v) is 12.6. The molecule has 0 bridgehead atoms. The van der Waals surface area contributed by atoms with Crippen LogP contribution in [0.1, 0.15) is 17.5 Å². The van der Waals surface area contributed by atoms with Gasteiger partial charge < -0.3 is 10.2 Å². The molecule has 0 amide bonds. The number of hydrogen-bond acceptors (Lipinski definition) is 3. The number of nitrogens with one attached hydrogen (secondary N) is 1. The highest BCUT2D eigenvalue weighted by molar-refractivity contribution is 5.22. The molecule has 1 atom stereocenters. The molecule has 2 saturated heterocycles. The topological polar surface area (TPSA) is 18.5 Å². The zero-order chi connectivity index (χ0) is 13.8. The summed E-state index contributed by atoms with van der Waals surface area (Å²) in [4.78, 5) is 5.25. The normalized spacial score (nSPS) is 25.1. The second-order valence-corrected chi connectivity index (χ2v) is 6.42. The maximum absolute atomic E-state index is 3.47. The summed E-state index contributed by atoms with van der Waals surface area (Å²) in [6.45, 7) is 11.9. The number of aryl methyl sites for hydroxylation is 1. The summed E-state index contributed by atoms with van der Waals surface area (Å²) in [6, 6.07) is 8.92. The highest BCUT2D eigenvalue weighted by Gasteiger charge is 2.21. The van der Waals surface area contributed by atoms with Crippen LogP contribution in [0.5, 0.6) is 0 Å². The van der Waals surface area contributed by atoms with E-state index >= 15 is 0 Å². The Bertz CT molecular complexity index is 418. The van der Waals surface area contributed by atoms with Crippen molar-refractivity contribution in [2.24, 2.45) is 5.92 Å². The number of piperazine rings is 1. The van der Waals surface area contributed by atoms with Gasteiger partial charge in [0.25, 0.3) is 0 Å². The Labute approximate surface area is 123 Å². The molecule has 0 spiro atoms. The summed E-state index contributed by atoms with van der Waals surface area (Å²) in [5, 5.41) is 3.47. The summed E-state index contributed by atoms with van der Waals surface area (Å²) in [5.74, 6) is 0.887. The molecule has 1 aromatic rings. The minimum atomic E-state index is 0.887. The highest BCUT2D eigenvalue weighted by Crippen LogP contribution is 2.14. The molecule has 2 aliphatic heterocycles. The molecule has 3 rings (SSSR count). The van der Waals surface area contributed by atoms with Crippen molar-refractivity contribution >= 4 is 0 Å². The Kier molecular flexibility index (Phi) is 4.71. The van der Waals surface area contributed by atoms with Crippen molar-refractivity contribution in [3.05, 3.63) is 35.4 Å². The van der Waals surface area contributed by atoms with E-state index in [-0.39, 0.29) is 0 Å². The van der Waals surface area contributed by atoms with Gasteiger partial charge in [-0.15, -0.1) is 0 Å². The summed E-state index contributed by atoms with van der Waals surface area (Å²) >= 11 is 0. The first kappa shape index (κ1) is 14.1. The van der Waals surface area contributed by atoms with Gasteiger partial charge in [-0.05, 0) is 37.9 Å². The Balaban J connectivity index is 1.43. The SMILES string of the molecule is Cc1cccc(CN2CCN(C[C@@H]3CCNC3)CC2)c1. The summed E-state index contributed by atoms with van der Waals surface area (Å²) < 4.78 is 0. The lowest BCUT2D eigenvalue weighted by Gasteiger charge is -2.35. The van der Waals surface area contributed by atoms with Gasteiger partial charge in [0.05, 0.1) is 0 Å². The molecule has 1 N–H and O–H groups in total. The molecular formula is C17H27N3. The van der Waals surface area contributed by atoms with Gasteiger partial charge in [-0.25, -0.2) is 0 Å². The van der Waals surface area contributed by atoms with Crippen molar-refractivity contribution < 1.29 is 0 Å². The molecule has 0 aliphatic carbocycles. The van der Waals surface area contributed by atoms with E-state index in [1.54, 1.807) is 0 Å². The van der Waals surface area contributed by atoms with E-state index in [4.69, 9.17) is 0 Å². The van der Waals surface area contributed by atoms with Crippen LogP contribution in [0, 0.1) is 12.8 Å². The predicted octanol–water partition coefficient (Wildman–Crippen LogP) is 1.72. The third-order valence-corrected chi connectivity index (χ3v) is 4.63. The van der Waals surface area contributed by atoms with E-state index in [2.05, 4.69) is 46.3 Å². The van der Waals surface area contributed by atoms with Crippen LogP contribution in [0.4, 0.5) is 0 Å². The van der Waals surface area contributed by atoms with Crippen LogP contribution in [-0.2, 0) is 6.54 Å². The maximum Gasteiger partial charge on any atom is 0.0234 e. The monoisotopic (exact) mass is 273 g/mol. The Morgan fingerprint density at radius 3 is 2.65 bits per heavy atom. The largest absolute Gasteiger partial charge is 0.316 e. The smallest absolute Gasteiger partial charge is 0.0234 e. The Morgan fingerprint density at radius 2 is 1.95 bits per heavy atom. The molecule has 0 saturated carbocycles. The fourth-order valence-electron chi connectivity index (χ4n) is 3.43. The quantitative estimate of drug-likeness (QED) is 0.901. The van der Waals surface area contributed by atoms with Gasteiger partial charge in [0, 0.05) is 39.3 Å². The van der Waals surface area contributed by atoms with Crippen molar-refractivity contribution in [3.8, 4) is 0 Å². The number of rotatable bonds is 4. The average Bonchev–Trinajstić information content (AvgIpc) is 2.94. The van der Waals surface area contributed by atoms with Gasteiger partial charge in [-0.1, -0.05) is 29.8 Å². The summed E-state index contributed by atoms with van der Waals surface area (Å²) in [5.41, 5.74) is 2.83. The van der Waals surface area contributed by atoms with Crippen molar-refractivity contribution in [1.29, 1.82) is 0 Å². The van der Waals surface area contributed by atoms with Gasteiger partial charge in [-0.3, -0.25) is 4.90 Å². The van der Waals surface area contributed by atoms with E-state index in [9.17, 15) is 0 Å². The van der Waals surface area contributed by atoms with Crippen LogP contribution in [0.3, 0.4) is 0 Å². The first-order valence-electron chi connectivity index (χ1n) is 8.00. The minimum absolute atomic E-state index is 0.887. The molecule has 2 aliphatic rings. The zero-order valence-electron chi connectivity index (χ0n) is 12.6. The fraction of sp³-hybridized carbons (Fsp3) is 0.647. The van der Waals surface area contributed by atoms with Crippen LogP contribution in [-0.4, -0.2) is 55.6 Å².